The van der Waals surface area contributed by atoms with E-state index in [9.17, 15) is 8.42 Å². The van der Waals surface area contributed by atoms with Gasteiger partial charge in [0, 0.05) is 13.5 Å². The van der Waals surface area contributed by atoms with Gasteiger partial charge in [0.2, 0.25) is 0 Å². The van der Waals surface area contributed by atoms with Crippen LogP contribution in [-0.2, 0) is 57.8 Å². The Labute approximate surface area is 230 Å². The number of methoxy groups -OCH3 is 1. The van der Waals surface area contributed by atoms with Crippen LogP contribution in [0.4, 0.5) is 0 Å². The van der Waals surface area contributed by atoms with E-state index in [0.717, 1.165) is 22.9 Å². The third kappa shape index (κ3) is 9.22. The molecule has 3 aromatic rings. The van der Waals surface area contributed by atoms with Crippen molar-refractivity contribution in [2.45, 2.75) is 56.9 Å². The topological polar surface area (TPSA) is 89.5 Å². The van der Waals surface area contributed by atoms with Gasteiger partial charge in [-0.2, -0.15) is 8.42 Å². The molecule has 1 aliphatic heterocycles. The molecule has 1 aliphatic rings. The Morgan fingerprint density at radius 2 is 1.10 bits per heavy atom. The number of hydrogen-bond acceptors (Lipinski definition) is 8. The quantitative estimate of drug-likeness (QED) is 0.269. The van der Waals surface area contributed by atoms with Gasteiger partial charge in [-0.15, -0.1) is 0 Å². The summed E-state index contributed by atoms with van der Waals surface area (Å²) in [4.78, 5) is 0. The van der Waals surface area contributed by atoms with E-state index in [2.05, 4.69) is 0 Å². The number of benzene rings is 3. The van der Waals surface area contributed by atoms with Crippen LogP contribution in [0, 0.1) is 0 Å². The first-order valence-corrected chi connectivity index (χ1v) is 14.7. The lowest BCUT2D eigenvalue weighted by Gasteiger charge is -2.45. The molecule has 3 aromatic carbocycles. The fourth-order valence-corrected chi connectivity index (χ4v) is 4.88. The Balaban J connectivity index is 1.60. The molecule has 1 saturated heterocycles. The Kier molecular flexibility index (Phi) is 11.0. The van der Waals surface area contributed by atoms with Crippen molar-refractivity contribution in [2.24, 2.45) is 0 Å². The van der Waals surface area contributed by atoms with Crippen LogP contribution < -0.4 is 0 Å². The van der Waals surface area contributed by atoms with Gasteiger partial charge in [0.15, 0.2) is 6.29 Å². The number of hydrogen-bond donors (Lipinski definition) is 0. The molecule has 1 fully saturated rings. The smallest absolute Gasteiger partial charge is 0.264 e. The minimum absolute atomic E-state index is 0.0634. The van der Waals surface area contributed by atoms with Crippen LogP contribution >= 0.6 is 0 Å². The summed E-state index contributed by atoms with van der Waals surface area (Å²) in [7, 11) is -2.06. The predicted octanol–water partition coefficient (Wildman–Crippen LogP) is 4.48. The second kappa shape index (κ2) is 14.7. The van der Waals surface area contributed by atoms with Gasteiger partial charge in [-0.25, -0.2) is 0 Å². The van der Waals surface area contributed by atoms with Crippen LogP contribution in [0.1, 0.15) is 23.1 Å². The van der Waals surface area contributed by atoms with E-state index in [1.807, 2.05) is 91.0 Å². The maximum atomic E-state index is 11.6. The van der Waals surface area contributed by atoms with Crippen LogP contribution in [0.15, 0.2) is 91.0 Å². The third-order valence-electron chi connectivity index (χ3n) is 6.38. The normalized spacial score (nSPS) is 23.5. The molecule has 0 N–H and O–H groups in total. The maximum absolute atomic E-state index is 11.6. The zero-order chi connectivity index (χ0) is 27.5. The summed E-state index contributed by atoms with van der Waals surface area (Å²) in [5, 5.41) is 0. The van der Waals surface area contributed by atoms with Gasteiger partial charge in [0.25, 0.3) is 10.1 Å². The van der Waals surface area contributed by atoms with Crippen molar-refractivity contribution < 1.29 is 36.3 Å². The standard InChI is InChI=1S/C30H36O8S/c1-33-30-29(36-22-25-16-10-5-11-17-25)28(35-21-24-14-8-4-9-15-24)27(34-20-23-12-6-3-7-13-23)26(38-30)18-19-37-39(2,31)32/h3-17,26-30H,18-22H2,1-2H3/t26-,27-,28+,29-,30?/m1/s1. The molecular weight excluding hydrogens is 520 g/mol. The Hall–Kier alpha value is -2.63. The molecule has 1 unspecified atom stereocenters. The van der Waals surface area contributed by atoms with E-state index in [1.165, 1.54) is 0 Å². The first kappa shape index (κ1) is 29.4. The van der Waals surface area contributed by atoms with E-state index < -0.39 is 40.8 Å². The number of rotatable bonds is 14. The van der Waals surface area contributed by atoms with Gasteiger partial charge < -0.3 is 23.7 Å². The zero-order valence-electron chi connectivity index (χ0n) is 22.3. The van der Waals surface area contributed by atoms with Crippen molar-refractivity contribution in [1.29, 1.82) is 0 Å². The first-order chi connectivity index (χ1) is 18.9. The largest absolute Gasteiger partial charge is 0.368 e. The lowest BCUT2D eigenvalue weighted by atomic mass is 9.95. The molecule has 1 heterocycles. The monoisotopic (exact) mass is 556 g/mol. The van der Waals surface area contributed by atoms with Crippen molar-refractivity contribution in [3.05, 3.63) is 108 Å². The molecule has 0 saturated carbocycles. The van der Waals surface area contributed by atoms with Crippen molar-refractivity contribution >= 4 is 10.1 Å². The molecule has 0 bridgehead atoms. The average molecular weight is 557 g/mol. The lowest BCUT2D eigenvalue weighted by molar-refractivity contribution is -0.319. The van der Waals surface area contributed by atoms with E-state index in [4.69, 9.17) is 27.9 Å². The van der Waals surface area contributed by atoms with Gasteiger partial charge in [-0.05, 0) is 16.7 Å². The molecule has 9 heteroatoms. The molecule has 8 nitrogen and oxygen atoms in total. The Morgan fingerprint density at radius 1 is 0.667 bits per heavy atom. The first-order valence-electron chi connectivity index (χ1n) is 12.9. The molecule has 4 rings (SSSR count). The molecule has 0 aromatic heterocycles. The minimum Gasteiger partial charge on any atom is -0.368 e. The van der Waals surface area contributed by atoms with E-state index in [0.29, 0.717) is 19.8 Å². The van der Waals surface area contributed by atoms with Crippen LogP contribution in [0.5, 0.6) is 0 Å². The molecule has 39 heavy (non-hydrogen) atoms. The predicted molar refractivity (Wildman–Crippen MR) is 146 cm³/mol. The summed E-state index contributed by atoms with van der Waals surface area (Å²) in [6.07, 6.45) is -1.86. The summed E-state index contributed by atoms with van der Waals surface area (Å²) >= 11 is 0. The molecular formula is C30H36O8S. The molecule has 5 atom stereocenters. The Bertz CT molecular complexity index is 1210. The van der Waals surface area contributed by atoms with Crippen LogP contribution in [0.2, 0.25) is 0 Å². The van der Waals surface area contributed by atoms with Gasteiger partial charge in [0.05, 0.1) is 38.8 Å². The fourth-order valence-electron chi connectivity index (χ4n) is 4.48. The zero-order valence-corrected chi connectivity index (χ0v) is 23.1. The van der Waals surface area contributed by atoms with Crippen molar-refractivity contribution in [3.8, 4) is 0 Å². The third-order valence-corrected chi connectivity index (χ3v) is 6.97. The highest BCUT2D eigenvalue weighted by Gasteiger charge is 2.48. The second-order valence-electron chi connectivity index (χ2n) is 9.38. The van der Waals surface area contributed by atoms with Crippen LogP contribution in [0.3, 0.4) is 0 Å². The van der Waals surface area contributed by atoms with Crippen molar-refractivity contribution in [3.63, 3.8) is 0 Å². The summed E-state index contributed by atoms with van der Waals surface area (Å²) < 4.78 is 59.6. The van der Waals surface area contributed by atoms with Gasteiger partial charge in [-0.3, -0.25) is 4.18 Å². The molecule has 210 valence electrons. The second-order valence-corrected chi connectivity index (χ2v) is 11.0. The fraction of sp³-hybridized carbons (Fsp3) is 0.400. The van der Waals surface area contributed by atoms with Gasteiger partial charge in [0.1, 0.15) is 18.3 Å². The summed E-state index contributed by atoms with van der Waals surface area (Å²) in [5.74, 6) is 0. The van der Waals surface area contributed by atoms with Crippen molar-refractivity contribution in [1.82, 2.24) is 0 Å². The van der Waals surface area contributed by atoms with E-state index >= 15 is 0 Å². The summed E-state index contributed by atoms with van der Waals surface area (Å²) in [6.45, 7) is 0.900. The van der Waals surface area contributed by atoms with Crippen LogP contribution in [-0.4, -0.2) is 59.1 Å². The van der Waals surface area contributed by atoms with E-state index in [-0.39, 0.29) is 13.0 Å². The van der Waals surface area contributed by atoms with Crippen molar-refractivity contribution in [2.75, 3.05) is 20.0 Å². The van der Waals surface area contributed by atoms with Gasteiger partial charge >= 0.3 is 0 Å². The maximum Gasteiger partial charge on any atom is 0.264 e. The molecule has 0 amide bonds. The Morgan fingerprint density at radius 3 is 1.54 bits per heavy atom. The van der Waals surface area contributed by atoms with E-state index in [1.54, 1.807) is 7.11 Å². The van der Waals surface area contributed by atoms with Crippen LogP contribution in [0.25, 0.3) is 0 Å². The molecule has 0 radical (unpaired) electrons. The summed E-state index contributed by atoms with van der Waals surface area (Å²) in [5.41, 5.74) is 2.99. The summed E-state index contributed by atoms with van der Waals surface area (Å²) in [6, 6.07) is 29.5. The molecule has 0 spiro atoms. The lowest BCUT2D eigenvalue weighted by Crippen LogP contribution is -2.60. The van der Waals surface area contributed by atoms with Gasteiger partial charge in [-0.1, -0.05) is 91.0 Å². The average Bonchev–Trinajstić information content (AvgIpc) is 2.95. The highest BCUT2D eigenvalue weighted by atomic mass is 32.2. The SMILES string of the molecule is COC1O[C@H](CCOS(C)(=O)=O)[C@@H](OCc2ccccc2)[C@H](OCc2ccccc2)[C@H]1OCc1ccccc1. The highest BCUT2D eigenvalue weighted by Crippen LogP contribution is 2.32. The molecule has 0 aliphatic carbocycles. The number of ether oxygens (including phenoxy) is 5. The highest BCUT2D eigenvalue weighted by molar-refractivity contribution is 7.85. The minimum atomic E-state index is -3.61.